The zero-order valence-corrected chi connectivity index (χ0v) is 11.5. The Morgan fingerprint density at radius 3 is 2.35 bits per heavy atom. The molecule has 0 aliphatic rings. The van der Waals surface area contributed by atoms with Crippen molar-refractivity contribution in [1.82, 2.24) is 0 Å². The number of hydrogen-bond acceptors (Lipinski definition) is 2. The minimum atomic E-state index is -3.81. The van der Waals surface area contributed by atoms with E-state index in [1.165, 1.54) is 24.3 Å². The number of rotatable bonds is 3. The Morgan fingerprint density at radius 2 is 1.80 bits per heavy atom. The molecule has 0 spiro atoms. The van der Waals surface area contributed by atoms with E-state index in [0.29, 0.717) is 5.56 Å². The molecule has 2 rings (SSSR count). The molecule has 0 unspecified atom stereocenters. The monoisotopic (exact) mass is 289 g/mol. The van der Waals surface area contributed by atoms with Crippen LogP contribution >= 0.6 is 0 Å². The van der Waals surface area contributed by atoms with Crippen LogP contribution in [0.25, 0.3) is 0 Å². The maximum atomic E-state index is 13.7. The standard InChI is InChI=1S/C15H12FNO2S/c1-3-12-6-9-15(14(16)10-12)17-20(18,19)13-7-4-11(2)5-8-13/h1,4-10,17H,2H3. The first-order chi connectivity index (χ1) is 9.42. The van der Waals surface area contributed by atoms with Gasteiger partial charge in [0.1, 0.15) is 5.82 Å². The molecular formula is C15H12FNO2S. The highest BCUT2D eigenvalue weighted by molar-refractivity contribution is 7.92. The SMILES string of the molecule is C#Cc1ccc(NS(=O)(=O)c2ccc(C)cc2)c(F)c1. The molecule has 0 heterocycles. The van der Waals surface area contributed by atoms with E-state index in [1.54, 1.807) is 12.1 Å². The molecule has 0 saturated carbocycles. The number of hydrogen-bond donors (Lipinski definition) is 1. The Hall–Kier alpha value is -2.32. The van der Waals surface area contributed by atoms with Crippen LogP contribution in [0.3, 0.4) is 0 Å². The van der Waals surface area contributed by atoms with Gasteiger partial charge in [0.05, 0.1) is 10.6 Å². The van der Waals surface area contributed by atoms with Crippen molar-refractivity contribution in [3.8, 4) is 12.3 Å². The van der Waals surface area contributed by atoms with Crippen LogP contribution in [0.15, 0.2) is 47.4 Å². The van der Waals surface area contributed by atoms with Crippen LogP contribution in [0.2, 0.25) is 0 Å². The van der Waals surface area contributed by atoms with E-state index in [-0.39, 0.29) is 10.6 Å². The van der Waals surface area contributed by atoms with E-state index in [4.69, 9.17) is 6.42 Å². The van der Waals surface area contributed by atoms with E-state index in [1.807, 2.05) is 6.92 Å². The summed E-state index contributed by atoms with van der Waals surface area (Å²) < 4.78 is 40.1. The minimum absolute atomic E-state index is 0.0727. The van der Waals surface area contributed by atoms with Gasteiger partial charge in [-0.2, -0.15) is 0 Å². The molecule has 1 N–H and O–H groups in total. The Balaban J connectivity index is 2.34. The highest BCUT2D eigenvalue weighted by atomic mass is 32.2. The van der Waals surface area contributed by atoms with Gasteiger partial charge >= 0.3 is 0 Å². The van der Waals surface area contributed by atoms with Crippen LogP contribution in [-0.4, -0.2) is 8.42 Å². The number of halogens is 1. The summed E-state index contributed by atoms with van der Waals surface area (Å²) in [4.78, 5) is 0.0727. The maximum absolute atomic E-state index is 13.7. The lowest BCUT2D eigenvalue weighted by Gasteiger charge is -2.09. The highest BCUT2D eigenvalue weighted by Gasteiger charge is 2.16. The van der Waals surface area contributed by atoms with Crippen LogP contribution in [-0.2, 0) is 10.0 Å². The van der Waals surface area contributed by atoms with Crippen molar-refractivity contribution in [2.45, 2.75) is 11.8 Å². The second kappa shape index (κ2) is 5.35. The number of aryl methyl sites for hydroxylation is 1. The molecule has 0 bridgehead atoms. The van der Waals surface area contributed by atoms with E-state index in [9.17, 15) is 12.8 Å². The van der Waals surface area contributed by atoms with Gasteiger partial charge < -0.3 is 0 Å². The van der Waals surface area contributed by atoms with Crippen LogP contribution in [0.1, 0.15) is 11.1 Å². The van der Waals surface area contributed by atoms with Gasteiger partial charge in [-0.3, -0.25) is 4.72 Å². The lowest BCUT2D eigenvalue weighted by atomic mass is 10.2. The summed E-state index contributed by atoms with van der Waals surface area (Å²) in [6.45, 7) is 1.85. The molecule has 0 fully saturated rings. The molecule has 0 saturated heterocycles. The van der Waals surface area contributed by atoms with Crippen molar-refractivity contribution >= 4 is 15.7 Å². The van der Waals surface area contributed by atoms with Crippen molar-refractivity contribution in [2.24, 2.45) is 0 Å². The Bertz CT molecular complexity index is 775. The average Bonchev–Trinajstić information content (AvgIpc) is 2.41. The van der Waals surface area contributed by atoms with Crippen LogP contribution in [0.4, 0.5) is 10.1 Å². The van der Waals surface area contributed by atoms with Crippen LogP contribution in [0, 0.1) is 25.1 Å². The van der Waals surface area contributed by atoms with Gasteiger partial charge in [0, 0.05) is 5.56 Å². The maximum Gasteiger partial charge on any atom is 0.261 e. The zero-order valence-electron chi connectivity index (χ0n) is 10.7. The molecule has 20 heavy (non-hydrogen) atoms. The van der Waals surface area contributed by atoms with Crippen molar-refractivity contribution in [1.29, 1.82) is 0 Å². The molecule has 102 valence electrons. The van der Waals surface area contributed by atoms with E-state index < -0.39 is 15.8 Å². The summed E-state index contributed by atoms with van der Waals surface area (Å²) >= 11 is 0. The van der Waals surface area contributed by atoms with Crippen molar-refractivity contribution in [3.63, 3.8) is 0 Å². The fourth-order valence-electron chi connectivity index (χ4n) is 1.61. The third kappa shape index (κ3) is 2.98. The van der Waals surface area contributed by atoms with Crippen molar-refractivity contribution in [3.05, 3.63) is 59.4 Å². The smallest absolute Gasteiger partial charge is 0.261 e. The lowest BCUT2D eigenvalue weighted by molar-refractivity contribution is 0.598. The summed E-state index contributed by atoms with van der Waals surface area (Å²) in [5.41, 5.74) is 1.15. The molecule has 0 aliphatic heterocycles. The Kier molecular flexibility index (Phi) is 3.77. The van der Waals surface area contributed by atoms with Crippen molar-refractivity contribution in [2.75, 3.05) is 4.72 Å². The molecule has 0 amide bonds. The van der Waals surface area contributed by atoms with Gasteiger partial charge in [-0.25, -0.2) is 12.8 Å². The normalized spacial score (nSPS) is 10.8. The first-order valence-electron chi connectivity index (χ1n) is 5.78. The minimum Gasteiger partial charge on any atom is -0.277 e. The number of terminal acetylenes is 1. The van der Waals surface area contributed by atoms with Crippen LogP contribution < -0.4 is 4.72 Å². The number of anilines is 1. The van der Waals surface area contributed by atoms with Gasteiger partial charge in [0.15, 0.2) is 0 Å². The van der Waals surface area contributed by atoms with Gasteiger partial charge in [-0.1, -0.05) is 23.6 Å². The largest absolute Gasteiger partial charge is 0.277 e. The van der Waals surface area contributed by atoms with Gasteiger partial charge in [-0.15, -0.1) is 6.42 Å². The van der Waals surface area contributed by atoms with Gasteiger partial charge in [-0.05, 0) is 37.3 Å². The third-order valence-corrected chi connectivity index (χ3v) is 4.09. The molecule has 3 nitrogen and oxygen atoms in total. The van der Waals surface area contributed by atoms with Gasteiger partial charge in [0.2, 0.25) is 0 Å². The number of nitrogens with one attached hydrogen (secondary N) is 1. The summed E-state index contributed by atoms with van der Waals surface area (Å²) in [5.74, 6) is 1.57. The summed E-state index contributed by atoms with van der Waals surface area (Å²) in [5, 5.41) is 0. The molecule has 0 atom stereocenters. The highest BCUT2D eigenvalue weighted by Crippen LogP contribution is 2.20. The summed E-state index contributed by atoms with van der Waals surface area (Å²) in [6.07, 6.45) is 5.15. The lowest BCUT2D eigenvalue weighted by Crippen LogP contribution is -2.14. The quantitative estimate of drug-likeness (QED) is 0.883. The number of sulfonamides is 1. The van der Waals surface area contributed by atoms with E-state index in [2.05, 4.69) is 10.6 Å². The Labute approximate surface area is 117 Å². The molecular weight excluding hydrogens is 277 g/mol. The molecule has 0 aromatic heterocycles. The van der Waals surface area contributed by atoms with E-state index >= 15 is 0 Å². The van der Waals surface area contributed by atoms with Gasteiger partial charge in [0.25, 0.3) is 10.0 Å². The molecule has 0 aliphatic carbocycles. The summed E-state index contributed by atoms with van der Waals surface area (Å²) in [6, 6.07) is 10.1. The second-order valence-electron chi connectivity index (χ2n) is 4.26. The molecule has 2 aromatic rings. The predicted octanol–water partition coefficient (Wildman–Crippen LogP) is 2.92. The Morgan fingerprint density at radius 1 is 1.15 bits per heavy atom. The molecule has 0 radical (unpaired) electrons. The predicted molar refractivity (Wildman–Crippen MR) is 76.3 cm³/mol. The fraction of sp³-hybridized carbons (Fsp3) is 0.0667. The second-order valence-corrected chi connectivity index (χ2v) is 5.94. The van der Waals surface area contributed by atoms with Crippen LogP contribution in [0.5, 0.6) is 0 Å². The van der Waals surface area contributed by atoms with Crippen molar-refractivity contribution < 1.29 is 12.8 Å². The first kappa shape index (κ1) is 14.1. The third-order valence-electron chi connectivity index (χ3n) is 2.71. The topological polar surface area (TPSA) is 46.2 Å². The average molecular weight is 289 g/mol. The summed E-state index contributed by atoms with van der Waals surface area (Å²) in [7, 11) is -3.81. The fourth-order valence-corrected chi connectivity index (χ4v) is 2.68. The van der Waals surface area contributed by atoms with E-state index in [0.717, 1.165) is 11.6 Å². The molecule has 2 aromatic carbocycles. The molecule has 5 heteroatoms. The zero-order chi connectivity index (χ0) is 14.8. The number of benzene rings is 2. The first-order valence-corrected chi connectivity index (χ1v) is 7.26.